The molecule has 3 aliphatic heterocycles. The molecule has 1 fully saturated rings. The van der Waals surface area contributed by atoms with Crippen LogP contribution in [0.5, 0.6) is 11.5 Å². The lowest BCUT2D eigenvalue weighted by atomic mass is 9.84. The molecule has 3 heterocycles. The molecule has 1 saturated heterocycles. The van der Waals surface area contributed by atoms with Crippen molar-refractivity contribution in [3.63, 3.8) is 0 Å². The van der Waals surface area contributed by atoms with Crippen molar-refractivity contribution in [1.82, 2.24) is 4.90 Å². The van der Waals surface area contributed by atoms with Gasteiger partial charge in [-0.05, 0) is 79.3 Å². The molecule has 3 aromatic carbocycles. The van der Waals surface area contributed by atoms with E-state index in [0.29, 0.717) is 48.7 Å². The van der Waals surface area contributed by atoms with E-state index in [1.807, 2.05) is 41.3 Å². The Labute approximate surface area is 281 Å². The van der Waals surface area contributed by atoms with E-state index in [2.05, 4.69) is 13.8 Å². The van der Waals surface area contributed by atoms with Gasteiger partial charge in [-0.2, -0.15) is 0 Å². The van der Waals surface area contributed by atoms with Crippen LogP contribution in [0.25, 0.3) is 0 Å². The van der Waals surface area contributed by atoms with E-state index in [1.54, 1.807) is 34.9 Å². The van der Waals surface area contributed by atoms with E-state index in [0.717, 1.165) is 42.5 Å². The molecule has 48 heavy (non-hydrogen) atoms. The van der Waals surface area contributed by atoms with E-state index >= 15 is 0 Å². The zero-order chi connectivity index (χ0) is 33.9. The minimum Gasteiger partial charge on any atom is -0.481 e. The Hall–Kier alpha value is -4.44. The summed E-state index contributed by atoms with van der Waals surface area (Å²) in [5, 5.41) is 10.7. The lowest BCUT2D eigenvalue weighted by Crippen LogP contribution is -2.48. The molecule has 0 radical (unpaired) electrons. The fraction of sp³-hybridized carbons (Fsp3) is 0.447. The smallest absolute Gasteiger partial charge is 0.308 e. The van der Waals surface area contributed by atoms with Gasteiger partial charge in [-0.3, -0.25) is 19.3 Å². The van der Waals surface area contributed by atoms with Crippen molar-refractivity contribution in [2.75, 3.05) is 36.2 Å². The summed E-state index contributed by atoms with van der Waals surface area (Å²) < 4.78 is 25.5. The van der Waals surface area contributed by atoms with Gasteiger partial charge in [-0.1, -0.05) is 51.0 Å². The zero-order valence-corrected chi connectivity index (χ0v) is 27.9. The van der Waals surface area contributed by atoms with Crippen LogP contribution in [0.15, 0.2) is 60.7 Å². The predicted molar refractivity (Wildman–Crippen MR) is 181 cm³/mol. The van der Waals surface area contributed by atoms with Crippen LogP contribution < -0.4 is 19.3 Å². The number of amides is 2. The second-order valence-electron chi connectivity index (χ2n) is 13.1. The van der Waals surface area contributed by atoms with Gasteiger partial charge in [-0.25, -0.2) is 4.39 Å². The third-order valence-electron chi connectivity index (χ3n) is 10.1. The molecule has 0 saturated carbocycles. The second kappa shape index (κ2) is 14.4. The summed E-state index contributed by atoms with van der Waals surface area (Å²) >= 11 is 0. The number of carboxylic acids is 1. The number of aliphatic carboxylic acids is 1. The highest BCUT2D eigenvalue weighted by atomic mass is 19.1. The summed E-state index contributed by atoms with van der Waals surface area (Å²) in [5.41, 5.74) is 3.71. The van der Waals surface area contributed by atoms with Crippen LogP contribution in [0.3, 0.4) is 0 Å². The molecule has 0 aromatic heterocycles. The van der Waals surface area contributed by atoms with Gasteiger partial charge in [0.05, 0.1) is 18.9 Å². The Morgan fingerprint density at radius 3 is 2.50 bits per heavy atom. The van der Waals surface area contributed by atoms with Crippen LogP contribution in [-0.4, -0.2) is 66.3 Å². The molecule has 254 valence electrons. The molecule has 6 rings (SSSR count). The number of hydrogen-bond donors (Lipinski definition) is 1. The number of rotatable bonds is 13. The number of nitrogens with zero attached hydrogens (tertiary/aromatic N) is 3. The Balaban J connectivity index is 1.34. The first-order valence-electron chi connectivity index (χ1n) is 17.0. The summed E-state index contributed by atoms with van der Waals surface area (Å²) in [6.45, 7) is 6.62. The molecule has 2 amide bonds. The van der Waals surface area contributed by atoms with E-state index in [9.17, 15) is 23.9 Å². The number of fused-ring (bicyclic) bond motifs is 2. The van der Waals surface area contributed by atoms with Gasteiger partial charge in [0.25, 0.3) is 0 Å². The second-order valence-corrected chi connectivity index (χ2v) is 13.1. The average Bonchev–Trinajstić information content (AvgIpc) is 3.76. The minimum atomic E-state index is -0.952. The first-order valence-corrected chi connectivity index (χ1v) is 17.0. The maximum absolute atomic E-state index is 14.5. The highest BCUT2D eigenvalue weighted by molar-refractivity contribution is 6.01. The van der Waals surface area contributed by atoms with Gasteiger partial charge >= 0.3 is 5.97 Å². The number of carbonyl (C=O) groups is 3. The average molecular weight is 658 g/mol. The molecule has 0 spiro atoms. The molecule has 1 N–H and O–H groups in total. The lowest BCUT2D eigenvalue weighted by molar-refractivity contribution is -0.143. The maximum Gasteiger partial charge on any atom is 0.308 e. The zero-order valence-electron chi connectivity index (χ0n) is 27.9. The number of halogens is 1. The van der Waals surface area contributed by atoms with E-state index in [1.165, 1.54) is 6.07 Å². The normalized spacial score (nSPS) is 20.1. The van der Waals surface area contributed by atoms with Gasteiger partial charge in [0.15, 0.2) is 11.5 Å². The molecule has 10 heteroatoms. The van der Waals surface area contributed by atoms with Crippen molar-refractivity contribution < 1.29 is 33.4 Å². The summed E-state index contributed by atoms with van der Waals surface area (Å²) in [7, 11) is 0. The van der Waals surface area contributed by atoms with Gasteiger partial charge in [0.2, 0.25) is 18.6 Å². The molecular weight excluding hydrogens is 613 g/mol. The largest absolute Gasteiger partial charge is 0.481 e. The van der Waals surface area contributed by atoms with Crippen molar-refractivity contribution in [2.45, 2.75) is 77.3 Å². The predicted octanol–water partition coefficient (Wildman–Crippen LogP) is 6.31. The maximum atomic E-state index is 14.5. The summed E-state index contributed by atoms with van der Waals surface area (Å²) in [6.07, 6.45) is 4.00. The summed E-state index contributed by atoms with van der Waals surface area (Å²) in [6, 6.07) is 17.4. The highest BCUT2D eigenvalue weighted by Crippen LogP contribution is 2.43. The van der Waals surface area contributed by atoms with Crippen molar-refractivity contribution in [1.29, 1.82) is 0 Å². The number of aryl methyl sites for hydroxylation is 1. The molecule has 3 atom stereocenters. The van der Waals surface area contributed by atoms with Crippen molar-refractivity contribution >= 4 is 29.2 Å². The minimum absolute atomic E-state index is 0.0135. The highest BCUT2D eigenvalue weighted by Gasteiger charge is 2.48. The van der Waals surface area contributed by atoms with Crippen LogP contribution in [0.1, 0.15) is 68.6 Å². The quantitative estimate of drug-likeness (QED) is 0.230. The fourth-order valence-corrected chi connectivity index (χ4v) is 7.81. The van der Waals surface area contributed by atoms with E-state index in [-0.39, 0.29) is 37.0 Å². The third-order valence-corrected chi connectivity index (χ3v) is 10.1. The van der Waals surface area contributed by atoms with Crippen LogP contribution in [0, 0.1) is 18.7 Å². The number of benzene rings is 3. The van der Waals surface area contributed by atoms with Gasteiger partial charge in [0.1, 0.15) is 5.82 Å². The SMILES string of the molecule is CCCC(CCC)N(C(=O)CN1C[C@H](c2ccc3c(c2)OCO3)C(C(=O)O)[C@@H]1CCN1C(=O)Cc2ccccc21)c1ccc(F)c(C)c1. The monoisotopic (exact) mass is 657 g/mol. The molecular formula is C38H44FN3O6. The molecule has 3 aliphatic rings. The van der Waals surface area contributed by atoms with Crippen LogP contribution in [-0.2, 0) is 20.8 Å². The van der Waals surface area contributed by atoms with Gasteiger partial charge in [-0.15, -0.1) is 0 Å². The Bertz CT molecular complexity index is 1670. The number of anilines is 2. The number of carbonyl (C=O) groups excluding carboxylic acids is 2. The first-order chi connectivity index (χ1) is 23.2. The molecule has 9 nitrogen and oxygen atoms in total. The molecule has 0 bridgehead atoms. The third kappa shape index (κ3) is 6.63. The topological polar surface area (TPSA) is 99.6 Å². The van der Waals surface area contributed by atoms with Crippen LogP contribution in [0.4, 0.5) is 15.8 Å². The van der Waals surface area contributed by atoms with E-state index in [4.69, 9.17) is 9.47 Å². The Morgan fingerprint density at radius 1 is 1.02 bits per heavy atom. The molecule has 0 aliphatic carbocycles. The Kier molecular flexibility index (Phi) is 10.0. The fourth-order valence-electron chi connectivity index (χ4n) is 7.81. The standard InChI is InChI=1S/C38H44FN3O6/c1-4-8-27(9-5-2)42(28-13-14-30(39)24(3)18-28)36(44)22-40-21-29(25-12-15-33-34(19-25)48-23-47-33)37(38(45)46)32(40)16-17-41-31-11-7-6-10-26(31)20-35(41)43/h6-7,10-15,18-19,27,29,32,37H,4-5,8-9,16-17,20-23H2,1-3H3,(H,45,46)/t29-,32+,37?/m1/s1. The summed E-state index contributed by atoms with van der Waals surface area (Å²) in [4.78, 5) is 46.3. The molecule has 1 unspecified atom stereocenters. The number of para-hydroxylation sites is 1. The van der Waals surface area contributed by atoms with E-state index < -0.39 is 23.8 Å². The van der Waals surface area contributed by atoms with Crippen molar-refractivity contribution in [2.24, 2.45) is 5.92 Å². The van der Waals surface area contributed by atoms with Crippen molar-refractivity contribution in [3.05, 3.63) is 83.2 Å². The van der Waals surface area contributed by atoms with Crippen molar-refractivity contribution in [3.8, 4) is 11.5 Å². The molecule has 3 aromatic rings. The van der Waals surface area contributed by atoms with Gasteiger partial charge in [0, 0.05) is 42.5 Å². The number of hydrogen-bond acceptors (Lipinski definition) is 6. The van der Waals surface area contributed by atoms with Gasteiger partial charge < -0.3 is 24.4 Å². The first kappa shape index (κ1) is 33.5. The number of likely N-dealkylation sites (tertiary alicyclic amines) is 1. The number of ether oxygens (including phenoxy) is 2. The van der Waals surface area contributed by atoms with Crippen LogP contribution >= 0.6 is 0 Å². The lowest BCUT2D eigenvalue weighted by Gasteiger charge is -2.35. The Morgan fingerprint density at radius 2 is 1.77 bits per heavy atom. The summed E-state index contributed by atoms with van der Waals surface area (Å²) in [5.74, 6) is -1.54. The number of carboxylic acid groups (broad SMARTS) is 1. The van der Waals surface area contributed by atoms with Crippen LogP contribution in [0.2, 0.25) is 0 Å².